The van der Waals surface area contributed by atoms with Gasteiger partial charge in [0, 0.05) is 18.6 Å². The molecule has 1 aliphatic rings. The molecule has 3 nitrogen and oxygen atoms in total. The Morgan fingerprint density at radius 2 is 2.05 bits per heavy atom. The smallest absolute Gasteiger partial charge is 0.123 e. The van der Waals surface area contributed by atoms with Crippen LogP contribution >= 0.6 is 0 Å². The summed E-state index contributed by atoms with van der Waals surface area (Å²) in [6, 6.07) is 5.73. The number of nitrogens with one attached hydrogen (secondary N) is 1. The minimum absolute atomic E-state index is 0.160. The van der Waals surface area contributed by atoms with Crippen molar-refractivity contribution in [2.24, 2.45) is 0 Å². The molecular formula is C16H26FN3. The molecule has 1 aromatic carbocycles. The summed E-state index contributed by atoms with van der Waals surface area (Å²) in [5.74, 6) is -0.160. The molecular weight excluding hydrogens is 253 g/mol. The topological polar surface area (TPSA) is 18.5 Å². The van der Waals surface area contributed by atoms with Crippen molar-refractivity contribution >= 4 is 0 Å². The molecule has 4 heteroatoms. The summed E-state index contributed by atoms with van der Waals surface area (Å²) in [6.45, 7) is 5.26. The van der Waals surface area contributed by atoms with Gasteiger partial charge in [0.25, 0.3) is 0 Å². The van der Waals surface area contributed by atoms with Crippen LogP contribution in [0.15, 0.2) is 18.2 Å². The Hall–Kier alpha value is -0.970. The molecule has 2 rings (SSSR count). The van der Waals surface area contributed by atoms with Crippen LogP contribution in [0.25, 0.3) is 0 Å². The third kappa shape index (κ3) is 3.37. The average Bonchev–Trinajstić information content (AvgIpc) is 2.55. The Morgan fingerprint density at radius 3 is 2.70 bits per heavy atom. The average molecular weight is 279 g/mol. The Morgan fingerprint density at radius 1 is 1.30 bits per heavy atom. The van der Waals surface area contributed by atoms with Gasteiger partial charge in [-0.3, -0.25) is 0 Å². The van der Waals surface area contributed by atoms with Crippen LogP contribution in [0.5, 0.6) is 0 Å². The molecule has 0 saturated carbocycles. The monoisotopic (exact) mass is 279 g/mol. The number of likely N-dealkylation sites (N-methyl/N-ethyl adjacent to an activating group) is 3. The number of rotatable bonds is 3. The van der Waals surface area contributed by atoms with Gasteiger partial charge in [0.05, 0.1) is 0 Å². The van der Waals surface area contributed by atoms with Crippen LogP contribution < -0.4 is 5.32 Å². The van der Waals surface area contributed by atoms with Crippen LogP contribution in [0, 0.1) is 12.7 Å². The van der Waals surface area contributed by atoms with Crippen LogP contribution in [0.2, 0.25) is 0 Å². The first-order valence-electron chi connectivity index (χ1n) is 7.35. The summed E-state index contributed by atoms with van der Waals surface area (Å²) < 4.78 is 13.3. The van der Waals surface area contributed by atoms with E-state index in [9.17, 15) is 4.39 Å². The number of benzene rings is 1. The quantitative estimate of drug-likeness (QED) is 0.913. The second-order valence-electron chi connectivity index (χ2n) is 5.93. The fourth-order valence-electron chi connectivity index (χ4n) is 3.21. The predicted molar refractivity (Wildman–Crippen MR) is 81.5 cm³/mol. The van der Waals surface area contributed by atoms with Crippen LogP contribution in [-0.4, -0.2) is 56.6 Å². The summed E-state index contributed by atoms with van der Waals surface area (Å²) in [6.07, 6.45) is 1.20. The van der Waals surface area contributed by atoms with E-state index >= 15 is 0 Å². The van der Waals surface area contributed by atoms with Gasteiger partial charge in [0.1, 0.15) is 5.82 Å². The Balaban J connectivity index is 2.29. The highest BCUT2D eigenvalue weighted by Crippen LogP contribution is 2.26. The number of halogens is 1. The van der Waals surface area contributed by atoms with E-state index in [2.05, 4.69) is 29.2 Å². The zero-order valence-electron chi connectivity index (χ0n) is 13.0. The van der Waals surface area contributed by atoms with Crippen molar-refractivity contribution in [3.8, 4) is 0 Å². The van der Waals surface area contributed by atoms with Gasteiger partial charge in [0.15, 0.2) is 0 Å². The number of hydrogen-bond donors (Lipinski definition) is 1. The first-order valence-corrected chi connectivity index (χ1v) is 7.35. The van der Waals surface area contributed by atoms with E-state index in [1.807, 2.05) is 20.0 Å². The molecule has 112 valence electrons. The van der Waals surface area contributed by atoms with E-state index in [1.54, 1.807) is 12.1 Å². The van der Waals surface area contributed by atoms with Gasteiger partial charge in [-0.1, -0.05) is 6.07 Å². The molecule has 1 aliphatic heterocycles. The first kappa shape index (κ1) is 15.4. The summed E-state index contributed by atoms with van der Waals surface area (Å²) in [5.41, 5.74) is 2.21. The van der Waals surface area contributed by atoms with Crippen molar-refractivity contribution in [2.75, 3.05) is 40.8 Å². The van der Waals surface area contributed by atoms with Gasteiger partial charge >= 0.3 is 0 Å². The third-order valence-corrected chi connectivity index (χ3v) is 4.38. The van der Waals surface area contributed by atoms with Crippen LogP contribution in [0.3, 0.4) is 0 Å². The lowest BCUT2D eigenvalue weighted by Crippen LogP contribution is -2.46. The highest BCUT2D eigenvalue weighted by Gasteiger charge is 2.29. The lowest BCUT2D eigenvalue weighted by Gasteiger charge is -2.35. The minimum atomic E-state index is -0.160. The third-order valence-electron chi connectivity index (χ3n) is 4.38. The number of nitrogens with zero attached hydrogens (tertiary/aromatic N) is 2. The molecule has 20 heavy (non-hydrogen) atoms. The maximum atomic E-state index is 13.3. The molecule has 1 heterocycles. The molecule has 0 aromatic heterocycles. The number of hydrogen-bond acceptors (Lipinski definition) is 3. The largest absolute Gasteiger partial charge is 0.312 e. The van der Waals surface area contributed by atoms with Gasteiger partial charge in [-0.05, 0) is 70.8 Å². The zero-order chi connectivity index (χ0) is 14.7. The minimum Gasteiger partial charge on any atom is -0.312 e. The fraction of sp³-hybridized carbons (Fsp3) is 0.625. The van der Waals surface area contributed by atoms with Crippen molar-refractivity contribution in [1.82, 2.24) is 15.1 Å². The van der Waals surface area contributed by atoms with E-state index < -0.39 is 0 Å². The first-order chi connectivity index (χ1) is 9.52. The molecule has 2 atom stereocenters. The maximum Gasteiger partial charge on any atom is 0.123 e. The lowest BCUT2D eigenvalue weighted by atomic mass is 9.94. The zero-order valence-corrected chi connectivity index (χ0v) is 13.0. The van der Waals surface area contributed by atoms with Crippen molar-refractivity contribution in [2.45, 2.75) is 25.4 Å². The van der Waals surface area contributed by atoms with Crippen molar-refractivity contribution < 1.29 is 4.39 Å². The highest BCUT2D eigenvalue weighted by atomic mass is 19.1. The molecule has 0 radical (unpaired) electrons. The van der Waals surface area contributed by atoms with Crippen LogP contribution in [-0.2, 0) is 0 Å². The van der Waals surface area contributed by atoms with Crippen molar-refractivity contribution in [3.05, 3.63) is 35.1 Å². The molecule has 1 aromatic rings. The summed E-state index contributed by atoms with van der Waals surface area (Å²) >= 11 is 0. The molecule has 2 unspecified atom stereocenters. The SMILES string of the molecule is CNC(c1ccc(F)cc1C)C1CN(C)CCCN1C. The second-order valence-corrected chi connectivity index (χ2v) is 5.93. The van der Waals surface area contributed by atoms with Crippen LogP contribution in [0.4, 0.5) is 4.39 Å². The van der Waals surface area contributed by atoms with Crippen LogP contribution in [0.1, 0.15) is 23.6 Å². The normalized spacial score (nSPS) is 23.6. The summed E-state index contributed by atoms with van der Waals surface area (Å²) in [7, 11) is 6.36. The van der Waals surface area contributed by atoms with E-state index in [4.69, 9.17) is 0 Å². The summed E-state index contributed by atoms with van der Waals surface area (Å²) in [5, 5.41) is 3.44. The summed E-state index contributed by atoms with van der Waals surface area (Å²) in [4.78, 5) is 4.81. The van der Waals surface area contributed by atoms with Gasteiger partial charge in [-0.2, -0.15) is 0 Å². The Kier molecular flexibility index (Phi) is 5.13. The fourth-order valence-corrected chi connectivity index (χ4v) is 3.21. The van der Waals surface area contributed by atoms with E-state index in [1.165, 1.54) is 12.0 Å². The van der Waals surface area contributed by atoms with Crippen molar-refractivity contribution in [1.29, 1.82) is 0 Å². The predicted octanol–water partition coefficient (Wildman–Crippen LogP) is 2.03. The molecule has 1 saturated heterocycles. The standard InChI is InChI=1S/C16H26FN3/c1-12-10-13(17)6-7-14(12)16(18-2)15-11-19(3)8-5-9-20(15)4/h6-7,10,15-16,18H,5,8-9,11H2,1-4H3. The van der Waals surface area contributed by atoms with Crippen molar-refractivity contribution in [3.63, 3.8) is 0 Å². The van der Waals surface area contributed by atoms with Gasteiger partial charge in [-0.25, -0.2) is 4.39 Å². The Bertz CT molecular complexity index is 449. The van der Waals surface area contributed by atoms with E-state index in [0.29, 0.717) is 6.04 Å². The molecule has 0 spiro atoms. The second kappa shape index (κ2) is 6.66. The Labute approximate surface area is 121 Å². The maximum absolute atomic E-state index is 13.3. The molecule has 0 amide bonds. The molecule has 0 aliphatic carbocycles. The van der Waals surface area contributed by atoms with E-state index in [0.717, 1.165) is 25.2 Å². The highest BCUT2D eigenvalue weighted by molar-refractivity contribution is 5.31. The van der Waals surface area contributed by atoms with Gasteiger partial charge in [-0.15, -0.1) is 0 Å². The molecule has 0 bridgehead atoms. The van der Waals surface area contributed by atoms with Gasteiger partial charge < -0.3 is 15.1 Å². The molecule has 1 fully saturated rings. The van der Waals surface area contributed by atoms with E-state index in [-0.39, 0.29) is 11.9 Å². The number of aryl methyl sites for hydroxylation is 1. The van der Waals surface area contributed by atoms with Gasteiger partial charge in [0.2, 0.25) is 0 Å². The molecule has 1 N–H and O–H groups in total. The lowest BCUT2D eigenvalue weighted by molar-refractivity contribution is 0.182.